The number of hydrogen-bond donors (Lipinski definition) is 0. The van der Waals surface area contributed by atoms with Crippen molar-refractivity contribution in [1.29, 1.82) is 0 Å². The van der Waals surface area contributed by atoms with Crippen molar-refractivity contribution in [2.45, 2.75) is 19.8 Å². The van der Waals surface area contributed by atoms with E-state index in [4.69, 9.17) is 4.74 Å². The van der Waals surface area contributed by atoms with Crippen LogP contribution in [0.4, 0.5) is 0 Å². The number of ether oxygens (including phenoxy) is 1. The Bertz CT molecular complexity index is 372. The summed E-state index contributed by atoms with van der Waals surface area (Å²) in [6.45, 7) is 12.4. The smallest absolute Gasteiger partial charge is 0.310 e. The van der Waals surface area contributed by atoms with Crippen LogP contribution in [0, 0.1) is 5.92 Å². The van der Waals surface area contributed by atoms with Crippen molar-refractivity contribution in [3.05, 3.63) is 25.3 Å². The molecule has 1 amide bonds. The first-order chi connectivity index (χ1) is 10.1. The minimum atomic E-state index is -0.191. The Kier molecular flexibility index (Phi) is 7.75. The number of rotatable bonds is 8. The lowest BCUT2D eigenvalue weighted by Gasteiger charge is -2.33. The topological polar surface area (TPSA) is 49.9 Å². The molecule has 0 bridgehead atoms. The first kappa shape index (κ1) is 17.4. The minimum Gasteiger partial charge on any atom is -0.466 e. The van der Waals surface area contributed by atoms with Gasteiger partial charge in [0.15, 0.2) is 0 Å². The molecule has 21 heavy (non-hydrogen) atoms. The van der Waals surface area contributed by atoms with Gasteiger partial charge in [-0.25, -0.2) is 0 Å². The SMILES string of the molecule is C=CCN(CC=C)CC(=O)N1CCCC(C(=O)OCC)C1. The Hall–Kier alpha value is -1.62. The van der Waals surface area contributed by atoms with Crippen molar-refractivity contribution in [3.63, 3.8) is 0 Å². The second-order valence-electron chi connectivity index (χ2n) is 5.20. The highest BCUT2D eigenvalue weighted by atomic mass is 16.5. The Morgan fingerprint density at radius 3 is 2.57 bits per heavy atom. The third kappa shape index (κ3) is 5.71. The van der Waals surface area contributed by atoms with Gasteiger partial charge in [0.25, 0.3) is 0 Å². The lowest BCUT2D eigenvalue weighted by molar-refractivity contribution is -0.151. The summed E-state index contributed by atoms with van der Waals surface area (Å²) >= 11 is 0. The molecule has 0 aromatic heterocycles. The van der Waals surface area contributed by atoms with Crippen LogP contribution in [-0.2, 0) is 14.3 Å². The van der Waals surface area contributed by atoms with Crippen LogP contribution < -0.4 is 0 Å². The highest BCUT2D eigenvalue weighted by Crippen LogP contribution is 2.18. The first-order valence-electron chi connectivity index (χ1n) is 7.50. The van der Waals surface area contributed by atoms with Gasteiger partial charge in [-0.15, -0.1) is 13.2 Å². The molecule has 1 aliphatic rings. The van der Waals surface area contributed by atoms with Crippen LogP contribution in [0.5, 0.6) is 0 Å². The van der Waals surface area contributed by atoms with E-state index in [1.54, 1.807) is 24.0 Å². The summed E-state index contributed by atoms with van der Waals surface area (Å²) in [5.74, 6) is -0.327. The summed E-state index contributed by atoms with van der Waals surface area (Å²) < 4.78 is 5.05. The van der Waals surface area contributed by atoms with Crippen LogP contribution in [-0.4, -0.2) is 61.0 Å². The summed E-state index contributed by atoms with van der Waals surface area (Å²) in [5, 5.41) is 0. The number of carbonyl (C=O) groups excluding carboxylic acids is 2. The van der Waals surface area contributed by atoms with E-state index in [0.29, 0.717) is 39.3 Å². The molecule has 5 nitrogen and oxygen atoms in total. The fraction of sp³-hybridized carbons (Fsp3) is 0.625. The Morgan fingerprint density at radius 1 is 1.33 bits per heavy atom. The largest absolute Gasteiger partial charge is 0.466 e. The quantitative estimate of drug-likeness (QED) is 0.502. The molecule has 118 valence electrons. The van der Waals surface area contributed by atoms with Crippen molar-refractivity contribution < 1.29 is 14.3 Å². The Balaban J connectivity index is 2.54. The molecule has 0 spiro atoms. The van der Waals surface area contributed by atoms with E-state index in [1.165, 1.54) is 0 Å². The van der Waals surface area contributed by atoms with E-state index in [0.717, 1.165) is 12.8 Å². The zero-order valence-electron chi connectivity index (χ0n) is 12.9. The van der Waals surface area contributed by atoms with Gasteiger partial charge in [0.05, 0.1) is 19.1 Å². The number of piperidine rings is 1. The molecule has 0 aromatic rings. The van der Waals surface area contributed by atoms with Gasteiger partial charge in [0.1, 0.15) is 0 Å². The van der Waals surface area contributed by atoms with Gasteiger partial charge >= 0.3 is 5.97 Å². The van der Waals surface area contributed by atoms with Crippen LogP contribution in [0.25, 0.3) is 0 Å². The molecule has 5 heteroatoms. The van der Waals surface area contributed by atoms with Gasteiger partial charge in [-0.1, -0.05) is 12.2 Å². The third-order valence-electron chi connectivity index (χ3n) is 3.53. The van der Waals surface area contributed by atoms with Crippen molar-refractivity contribution in [1.82, 2.24) is 9.80 Å². The van der Waals surface area contributed by atoms with Crippen molar-refractivity contribution in [3.8, 4) is 0 Å². The fourth-order valence-electron chi connectivity index (χ4n) is 2.52. The molecule has 0 aromatic carbocycles. The number of carbonyl (C=O) groups is 2. The number of nitrogens with zero attached hydrogens (tertiary/aromatic N) is 2. The average Bonchev–Trinajstić information content (AvgIpc) is 2.48. The number of likely N-dealkylation sites (tertiary alicyclic amines) is 1. The molecular weight excluding hydrogens is 268 g/mol. The molecule has 0 radical (unpaired) electrons. The van der Waals surface area contributed by atoms with Crippen LogP contribution in [0.15, 0.2) is 25.3 Å². The average molecular weight is 294 g/mol. The zero-order valence-corrected chi connectivity index (χ0v) is 12.9. The van der Waals surface area contributed by atoms with Crippen LogP contribution in [0.3, 0.4) is 0 Å². The van der Waals surface area contributed by atoms with E-state index < -0.39 is 0 Å². The molecule has 1 aliphatic heterocycles. The third-order valence-corrected chi connectivity index (χ3v) is 3.53. The summed E-state index contributed by atoms with van der Waals surface area (Å²) in [5.41, 5.74) is 0. The second-order valence-corrected chi connectivity index (χ2v) is 5.20. The van der Waals surface area contributed by atoms with E-state index >= 15 is 0 Å². The summed E-state index contributed by atoms with van der Waals surface area (Å²) in [7, 11) is 0. The predicted molar refractivity (Wildman–Crippen MR) is 82.8 cm³/mol. The molecule has 0 N–H and O–H groups in total. The summed E-state index contributed by atoms with van der Waals surface area (Å²) in [6, 6.07) is 0. The van der Waals surface area contributed by atoms with Gasteiger partial charge in [-0.2, -0.15) is 0 Å². The minimum absolute atomic E-state index is 0.0488. The van der Waals surface area contributed by atoms with Gasteiger partial charge < -0.3 is 9.64 Å². The zero-order chi connectivity index (χ0) is 15.7. The molecule has 1 rings (SSSR count). The normalized spacial score (nSPS) is 18.4. The fourth-order valence-corrected chi connectivity index (χ4v) is 2.52. The van der Waals surface area contributed by atoms with Gasteiger partial charge in [0, 0.05) is 26.2 Å². The maximum Gasteiger partial charge on any atom is 0.310 e. The molecule has 1 unspecified atom stereocenters. The number of amides is 1. The molecule has 1 heterocycles. The Morgan fingerprint density at radius 2 is 2.00 bits per heavy atom. The second kappa shape index (κ2) is 9.34. The van der Waals surface area contributed by atoms with Crippen molar-refractivity contribution in [2.24, 2.45) is 5.92 Å². The van der Waals surface area contributed by atoms with E-state index in [1.807, 2.05) is 4.90 Å². The summed E-state index contributed by atoms with van der Waals surface area (Å²) in [4.78, 5) is 27.9. The first-order valence-corrected chi connectivity index (χ1v) is 7.50. The highest BCUT2D eigenvalue weighted by Gasteiger charge is 2.29. The van der Waals surface area contributed by atoms with Crippen molar-refractivity contribution >= 4 is 11.9 Å². The van der Waals surface area contributed by atoms with Crippen molar-refractivity contribution in [2.75, 3.05) is 39.3 Å². The van der Waals surface area contributed by atoms with E-state index in [9.17, 15) is 9.59 Å². The predicted octanol–water partition coefficient (Wildman–Crippen LogP) is 1.46. The lowest BCUT2D eigenvalue weighted by Crippen LogP contribution is -2.47. The maximum absolute atomic E-state index is 12.3. The summed E-state index contributed by atoms with van der Waals surface area (Å²) in [6.07, 6.45) is 5.19. The number of hydrogen-bond acceptors (Lipinski definition) is 4. The van der Waals surface area contributed by atoms with Gasteiger partial charge in [-0.3, -0.25) is 14.5 Å². The van der Waals surface area contributed by atoms with E-state index in [2.05, 4.69) is 13.2 Å². The number of esters is 1. The monoisotopic (exact) mass is 294 g/mol. The molecular formula is C16H26N2O3. The van der Waals surface area contributed by atoms with E-state index in [-0.39, 0.29) is 17.8 Å². The maximum atomic E-state index is 12.3. The molecule has 0 aliphatic carbocycles. The van der Waals surface area contributed by atoms with Gasteiger partial charge in [-0.05, 0) is 19.8 Å². The molecule has 1 fully saturated rings. The Labute approximate surface area is 127 Å². The van der Waals surface area contributed by atoms with Crippen LogP contribution >= 0.6 is 0 Å². The molecule has 1 atom stereocenters. The van der Waals surface area contributed by atoms with Crippen LogP contribution in [0.2, 0.25) is 0 Å². The molecule has 1 saturated heterocycles. The van der Waals surface area contributed by atoms with Gasteiger partial charge in [0.2, 0.25) is 5.91 Å². The lowest BCUT2D eigenvalue weighted by atomic mass is 9.98. The highest BCUT2D eigenvalue weighted by molar-refractivity contribution is 5.80. The van der Waals surface area contributed by atoms with Crippen LogP contribution in [0.1, 0.15) is 19.8 Å². The molecule has 0 saturated carbocycles. The standard InChI is InChI=1S/C16H26N2O3/c1-4-9-17(10-5-2)13-15(19)18-11-7-8-14(12-18)16(20)21-6-3/h4-5,14H,1-2,6-13H2,3H3.